The quantitative estimate of drug-likeness (QED) is 0.570. The number of thioether (sulfide) groups is 1. The number of carbonyl (C=O) groups is 1. The van der Waals surface area contributed by atoms with Gasteiger partial charge in [0.1, 0.15) is 0 Å². The van der Waals surface area contributed by atoms with Crippen molar-refractivity contribution >= 4 is 38.4 Å². The molecule has 0 bridgehead atoms. The molecule has 1 aromatic heterocycles. The largest absolute Gasteiger partial charge is 0.481 e. The summed E-state index contributed by atoms with van der Waals surface area (Å²) < 4.78 is 0.655. The first-order chi connectivity index (χ1) is 5.18. The van der Waals surface area contributed by atoms with E-state index in [1.807, 2.05) is 0 Å². The fraction of sp³-hybridized carbons (Fsp3) is 0.250. The Morgan fingerprint density at radius 3 is 2.91 bits per heavy atom. The van der Waals surface area contributed by atoms with Gasteiger partial charge in [-0.3, -0.25) is 10.2 Å². The molecular weight excluding hydrogens is 204 g/mol. The van der Waals surface area contributed by atoms with Crippen LogP contribution in [0, 0.1) is 5.41 Å². The summed E-state index contributed by atoms with van der Waals surface area (Å²) in [5.41, 5.74) is 0. The molecule has 1 rings (SSSR count). The van der Waals surface area contributed by atoms with Crippen molar-refractivity contribution in [2.75, 3.05) is 5.75 Å². The molecule has 0 spiro atoms. The van der Waals surface area contributed by atoms with E-state index in [1.54, 1.807) is 0 Å². The molecule has 0 fully saturated rings. The van der Waals surface area contributed by atoms with Gasteiger partial charge in [0.05, 0.1) is 5.75 Å². The SMILES string of the molecule is N=c1nc(SCC(=O)O)ss1. The van der Waals surface area contributed by atoms with Crippen LogP contribution >= 0.6 is 32.4 Å². The number of nitrogens with zero attached hydrogens (tertiary/aromatic N) is 1. The maximum Gasteiger partial charge on any atom is 0.313 e. The average Bonchev–Trinajstić information content (AvgIpc) is 2.31. The lowest BCUT2D eigenvalue weighted by atomic mass is 10.8. The number of rotatable bonds is 3. The van der Waals surface area contributed by atoms with E-state index < -0.39 is 5.97 Å². The van der Waals surface area contributed by atoms with Crippen LogP contribution in [0.3, 0.4) is 0 Å². The number of hydrogen-bond acceptors (Lipinski definition) is 6. The van der Waals surface area contributed by atoms with Crippen LogP contribution in [0.1, 0.15) is 0 Å². The van der Waals surface area contributed by atoms with Crippen molar-refractivity contribution in [1.29, 1.82) is 5.41 Å². The zero-order valence-corrected chi connectivity index (χ0v) is 7.68. The maximum atomic E-state index is 10.1. The maximum absolute atomic E-state index is 10.1. The molecule has 0 aliphatic carbocycles. The van der Waals surface area contributed by atoms with Crippen molar-refractivity contribution in [2.45, 2.75) is 4.34 Å². The van der Waals surface area contributed by atoms with E-state index in [4.69, 9.17) is 10.5 Å². The van der Waals surface area contributed by atoms with Gasteiger partial charge in [0.15, 0.2) is 4.34 Å². The predicted octanol–water partition coefficient (Wildman–Crippen LogP) is 0.861. The molecule has 1 aromatic rings. The molecule has 0 amide bonds. The van der Waals surface area contributed by atoms with Crippen molar-refractivity contribution < 1.29 is 9.90 Å². The van der Waals surface area contributed by atoms with E-state index in [2.05, 4.69) is 4.98 Å². The summed E-state index contributed by atoms with van der Waals surface area (Å²) in [4.78, 5) is 14.1. The standard InChI is InChI=1S/C4H4N2O2S3/c5-3-6-4(11-10-3)9-1-2(7)8/h5H,1H2,(H,7,8). The van der Waals surface area contributed by atoms with Gasteiger partial charge < -0.3 is 5.11 Å². The third-order valence-corrected chi connectivity index (χ3v) is 4.12. The molecule has 1 heterocycles. The lowest BCUT2D eigenvalue weighted by Crippen LogP contribution is -1.98. The zero-order valence-electron chi connectivity index (χ0n) is 5.23. The summed E-state index contributed by atoms with van der Waals surface area (Å²) in [5.74, 6) is -0.846. The fourth-order valence-electron chi connectivity index (χ4n) is 0.375. The number of hydrogen-bond donors (Lipinski definition) is 2. The molecule has 7 heteroatoms. The Hall–Kier alpha value is -0.400. The lowest BCUT2D eigenvalue weighted by molar-refractivity contribution is -0.133. The minimum absolute atomic E-state index is 0.0136. The van der Waals surface area contributed by atoms with Gasteiger partial charge >= 0.3 is 5.97 Å². The van der Waals surface area contributed by atoms with Crippen LogP contribution in [0.2, 0.25) is 0 Å². The minimum atomic E-state index is -0.860. The molecule has 0 saturated heterocycles. The molecule has 2 N–H and O–H groups in total. The van der Waals surface area contributed by atoms with E-state index >= 15 is 0 Å². The van der Waals surface area contributed by atoms with Gasteiger partial charge in [-0.25, -0.2) is 4.98 Å². The van der Waals surface area contributed by atoms with Crippen molar-refractivity contribution in [3.05, 3.63) is 4.80 Å². The van der Waals surface area contributed by atoms with Gasteiger partial charge in [-0.15, -0.1) is 0 Å². The Morgan fingerprint density at radius 2 is 2.45 bits per heavy atom. The average molecular weight is 208 g/mol. The Balaban J connectivity index is 2.51. The van der Waals surface area contributed by atoms with Crippen LogP contribution in [0.15, 0.2) is 4.34 Å². The van der Waals surface area contributed by atoms with E-state index in [0.29, 0.717) is 4.34 Å². The molecule has 0 saturated carbocycles. The van der Waals surface area contributed by atoms with Gasteiger partial charge in [-0.05, 0) is 20.7 Å². The second kappa shape index (κ2) is 3.84. The second-order valence-corrected chi connectivity index (χ2v) is 4.86. The third kappa shape index (κ3) is 3.00. The van der Waals surface area contributed by atoms with Gasteiger partial charge in [-0.2, -0.15) is 0 Å². The van der Waals surface area contributed by atoms with Crippen molar-refractivity contribution in [3.63, 3.8) is 0 Å². The monoisotopic (exact) mass is 208 g/mol. The molecule has 0 aliphatic heterocycles. The summed E-state index contributed by atoms with van der Waals surface area (Å²) in [6.45, 7) is 0. The molecule has 0 aliphatic rings. The summed E-state index contributed by atoms with van der Waals surface area (Å²) in [7, 11) is 2.57. The van der Waals surface area contributed by atoms with Crippen molar-refractivity contribution in [1.82, 2.24) is 4.98 Å². The highest BCUT2D eigenvalue weighted by molar-refractivity contribution is 8.03. The molecule has 60 valence electrons. The topological polar surface area (TPSA) is 74.0 Å². The number of aliphatic carboxylic acids is 1. The first kappa shape index (κ1) is 8.69. The highest BCUT2D eigenvalue weighted by Crippen LogP contribution is 2.20. The molecular formula is C4H4N2O2S3. The molecule has 0 unspecified atom stereocenters. The summed E-state index contributed by atoms with van der Waals surface area (Å²) >= 11 is 1.15. The summed E-state index contributed by atoms with van der Waals surface area (Å²) in [6.07, 6.45) is 0. The van der Waals surface area contributed by atoms with Gasteiger partial charge in [0.2, 0.25) is 4.80 Å². The predicted molar refractivity (Wildman–Crippen MR) is 44.2 cm³/mol. The van der Waals surface area contributed by atoms with Crippen LogP contribution < -0.4 is 4.80 Å². The van der Waals surface area contributed by atoms with Crippen LogP contribution in [0.5, 0.6) is 0 Å². The van der Waals surface area contributed by atoms with E-state index in [9.17, 15) is 4.79 Å². The van der Waals surface area contributed by atoms with E-state index in [0.717, 1.165) is 11.8 Å². The molecule has 0 radical (unpaired) electrons. The highest BCUT2D eigenvalue weighted by Gasteiger charge is 2.02. The molecule has 4 nitrogen and oxygen atoms in total. The minimum Gasteiger partial charge on any atom is -0.481 e. The second-order valence-electron chi connectivity index (χ2n) is 1.53. The van der Waals surface area contributed by atoms with E-state index in [-0.39, 0.29) is 10.6 Å². The fourth-order valence-corrected chi connectivity index (χ4v) is 3.08. The highest BCUT2D eigenvalue weighted by atomic mass is 32.9. The first-order valence-electron chi connectivity index (χ1n) is 2.55. The lowest BCUT2D eigenvalue weighted by Gasteiger charge is -1.87. The first-order valence-corrected chi connectivity index (χ1v) is 5.68. The molecule has 11 heavy (non-hydrogen) atoms. The van der Waals surface area contributed by atoms with Gasteiger partial charge in [0.25, 0.3) is 0 Å². The summed E-state index contributed by atoms with van der Waals surface area (Å²) in [6, 6.07) is 0. The number of nitrogens with one attached hydrogen (secondary N) is 1. The number of aromatic nitrogens is 1. The van der Waals surface area contributed by atoms with Crippen LogP contribution in [-0.4, -0.2) is 21.8 Å². The molecule has 0 aromatic carbocycles. The van der Waals surface area contributed by atoms with Crippen molar-refractivity contribution in [2.24, 2.45) is 0 Å². The van der Waals surface area contributed by atoms with Gasteiger partial charge in [0, 0.05) is 0 Å². The Labute approximate surface area is 73.8 Å². The number of carboxylic acid groups (broad SMARTS) is 1. The van der Waals surface area contributed by atoms with Crippen molar-refractivity contribution in [3.8, 4) is 0 Å². The molecule has 0 atom stereocenters. The smallest absolute Gasteiger partial charge is 0.313 e. The zero-order chi connectivity index (χ0) is 8.27. The normalized spacial score (nSPS) is 9.82. The third-order valence-electron chi connectivity index (χ3n) is 0.704. The van der Waals surface area contributed by atoms with Crippen LogP contribution in [-0.2, 0) is 4.79 Å². The summed E-state index contributed by atoms with van der Waals surface area (Å²) in [5, 5.41) is 15.4. The number of carboxylic acids is 1. The Morgan fingerprint density at radius 1 is 1.73 bits per heavy atom. The Kier molecular flexibility index (Phi) is 3.03. The van der Waals surface area contributed by atoms with Gasteiger partial charge in [-0.1, -0.05) is 11.8 Å². The van der Waals surface area contributed by atoms with Crippen LogP contribution in [0.4, 0.5) is 0 Å². The van der Waals surface area contributed by atoms with E-state index in [1.165, 1.54) is 20.7 Å². The Bertz CT molecular complexity index is 304. The van der Waals surface area contributed by atoms with Crippen LogP contribution in [0.25, 0.3) is 0 Å².